The van der Waals surface area contributed by atoms with Crippen molar-refractivity contribution in [3.63, 3.8) is 0 Å². The van der Waals surface area contributed by atoms with E-state index in [1.165, 1.54) is 0 Å². The molecule has 4 nitrogen and oxygen atoms in total. The molecule has 0 unspecified atom stereocenters. The Bertz CT molecular complexity index is 260. The lowest BCUT2D eigenvalue weighted by molar-refractivity contribution is 0.242. The molecule has 0 aliphatic carbocycles. The van der Waals surface area contributed by atoms with Crippen LogP contribution in [0.2, 0.25) is 0 Å². The molecule has 0 bridgehead atoms. The Balaban J connectivity index is 4.02. The monoisotopic (exact) mass is 237 g/mol. The zero-order valence-electron chi connectivity index (χ0n) is 9.91. The molecule has 0 saturated heterocycles. The lowest BCUT2D eigenvalue weighted by atomic mass is 9.88. The van der Waals surface area contributed by atoms with Crippen LogP contribution in [0.5, 0.6) is 0 Å². The van der Waals surface area contributed by atoms with Crippen LogP contribution in [0.15, 0.2) is 0 Å². The first-order chi connectivity index (χ1) is 6.83. The summed E-state index contributed by atoms with van der Waals surface area (Å²) in [5.74, 6) is 0.184. The van der Waals surface area contributed by atoms with E-state index in [2.05, 4.69) is 4.72 Å². The van der Waals surface area contributed by atoms with Crippen LogP contribution < -0.4 is 4.72 Å². The van der Waals surface area contributed by atoms with Gasteiger partial charge in [0.2, 0.25) is 10.0 Å². The first-order valence-electron chi connectivity index (χ1n) is 5.41. The van der Waals surface area contributed by atoms with Crippen LogP contribution in [0.1, 0.15) is 40.0 Å². The average molecular weight is 237 g/mol. The number of hydrogen-bond donors (Lipinski definition) is 2. The molecule has 92 valence electrons. The topological polar surface area (TPSA) is 66.4 Å². The maximum absolute atomic E-state index is 11.4. The zero-order valence-corrected chi connectivity index (χ0v) is 10.7. The van der Waals surface area contributed by atoms with E-state index in [9.17, 15) is 8.42 Å². The summed E-state index contributed by atoms with van der Waals surface area (Å²) in [4.78, 5) is 0. The molecule has 0 spiro atoms. The van der Waals surface area contributed by atoms with Gasteiger partial charge in [0.05, 0.1) is 5.75 Å². The number of hydrogen-bond acceptors (Lipinski definition) is 3. The molecule has 0 aromatic rings. The standard InChI is InChI=1S/C10H23NO3S/c1-4-8-15(13,14)11-9-10(2,3)6-5-7-12/h11-12H,4-9H2,1-3H3. The van der Waals surface area contributed by atoms with Gasteiger partial charge in [0, 0.05) is 13.2 Å². The SMILES string of the molecule is CCCS(=O)(=O)NCC(C)(C)CCCO. The normalized spacial score (nSPS) is 13.1. The molecular weight excluding hydrogens is 214 g/mol. The molecular formula is C10H23NO3S. The van der Waals surface area contributed by atoms with E-state index in [4.69, 9.17) is 5.11 Å². The van der Waals surface area contributed by atoms with Gasteiger partial charge in [-0.15, -0.1) is 0 Å². The van der Waals surface area contributed by atoms with E-state index in [-0.39, 0.29) is 17.8 Å². The Hall–Kier alpha value is -0.130. The second-order valence-corrected chi connectivity index (χ2v) is 6.56. The largest absolute Gasteiger partial charge is 0.396 e. The first-order valence-corrected chi connectivity index (χ1v) is 7.06. The van der Waals surface area contributed by atoms with Crippen LogP contribution in [0.3, 0.4) is 0 Å². The highest BCUT2D eigenvalue weighted by Crippen LogP contribution is 2.21. The maximum atomic E-state index is 11.4. The Kier molecular flexibility index (Phi) is 6.40. The van der Waals surface area contributed by atoms with Crippen molar-refractivity contribution in [2.45, 2.75) is 40.0 Å². The molecule has 0 aromatic carbocycles. The second-order valence-electron chi connectivity index (χ2n) is 4.63. The fourth-order valence-corrected chi connectivity index (χ4v) is 2.58. The molecule has 5 heteroatoms. The maximum Gasteiger partial charge on any atom is 0.211 e. The van der Waals surface area contributed by atoms with Gasteiger partial charge < -0.3 is 5.11 Å². The molecule has 0 fully saturated rings. The summed E-state index contributed by atoms with van der Waals surface area (Å²) in [5.41, 5.74) is -0.0937. The Morgan fingerprint density at radius 1 is 1.33 bits per heavy atom. The van der Waals surface area contributed by atoms with Crippen LogP contribution in [0, 0.1) is 5.41 Å². The van der Waals surface area contributed by atoms with Gasteiger partial charge in [-0.1, -0.05) is 20.8 Å². The van der Waals surface area contributed by atoms with Gasteiger partial charge in [0.1, 0.15) is 0 Å². The molecule has 0 amide bonds. The third-order valence-electron chi connectivity index (χ3n) is 2.26. The molecule has 2 N–H and O–H groups in total. The molecule has 0 radical (unpaired) electrons. The summed E-state index contributed by atoms with van der Waals surface area (Å²) in [6.45, 7) is 6.44. The van der Waals surface area contributed by atoms with Gasteiger partial charge in [-0.25, -0.2) is 13.1 Å². The van der Waals surface area contributed by atoms with E-state index < -0.39 is 10.0 Å². The average Bonchev–Trinajstić information content (AvgIpc) is 2.12. The number of aliphatic hydroxyl groups excluding tert-OH is 1. The third kappa shape index (κ3) is 7.76. The fourth-order valence-electron chi connectivity index (χ4n) is 1.29. The number of sulfonamides is 1. The number of aliphatic hydroxyl groups is 1. The van der Waals surface area contributed by atoms with E-state index >= 15 is 0 Å². The van der Waals surface area contributed by atoms with Crippen molar-refractivity contribution in [1.82, 2.24) is 4.72 Å². The van der Waals surface area contributed by atoms with Crippen molar-refractivity contribution in [2.75, 3.05) is 18.9 Å². The minimum atomic E-state index is -3.10. The van der Waals surface area contributed by atoms with Crippen molar-refractivity contribution in [3.05, 3.63) is 0 Å². The van der Waals surface area contributed by atoms with Gasteiger partial charge in [-0.3, -0.25) is 0 Å². The van der Waals surface area contributed by atoms with Crippen LogP contribution in [-0.4, -0.2) is 32.4 Å². The minimum Gasteiger partial charge on any atom is -0.396 e. The van der Waals surface area contributed by atoms with Gasteiger partial charge in [0.25, 0.3) is 0 Å². The van der Waals surface area contributed by atoms with Gasteiger partial charge in [0.15, 0.2) is 0 Å². The zero-order chi connectivity index (χ0) is 11.9. The van der Waals surface area contributed by atoms with Crippen molar-refractivity contribution >= 4 is 10.0 Å². The highest BCUT2D eigenvalue weighted by molar-refractivity contribution is 7.89. The Labute approximate surface area is 93.1 Å². The summed E-state index contributed by atoms with van der Waals surface area (Å²) in [7, 11) is -3.10. The lowest BCUT2D eigenvalue weighted by Crippen LogP contribution is -2.35. The van der Waals surface area contributed by atoms with Gasteiger partial charge >= 0.3 is 0 Å². The van der Waals surface area contributed by atoms with Crippen molar-refractivity contribution in [2.24, 2.45) is 5.41 Å². The van der Waals surface area contributed by atoms with Crippen LogP contribution in [-0.2, 0) is 10.0 Å². The Morgan fingerprint density at radius 2 is 1.93 bits per heavy atom. The molecule has 0 saturated carbocycles. The third-order valence-corrected chi connectivity index (χ3v) is 3.79. The van der Waals surface area contributed by atoms with Gasteiger partial charge in [-0.05, 0) is 24.7 Å². The summed E-state index contributed by atoms with van der Waals surface area (Å²) in [5, 5.41) is 8.70. The number of nitrogens with one attached hydrogen (secondary N) is 1. The predicted octanol–water partition coefficient (Wildman–Crippen LogP) is 1.11. The molecule has 0 heterocycles. The first kappa shape index (κ1) is 14.9. The summed E-state index contributed by atoms with van der Waals surface area (Å²) in [6.07, 6.45) is 2.16. The summed E-state index contributed by atoms with van der Waals surface area (Å²) >= 11 is 0. The van der Waals surface area contributed by atoms with Crippen LogP contribution in [0.25, 0.3) is 0 Å². The fraction of sp³-hybridized carbons (Fsp3) is 1.00. The smallest absolute Gasteiger partial charge is 0.211 e. The molecule has 0 aliphatic rings. The minimum absolute atomic E-state index is 0.0937. The molecule has 0 atom stereocenters. The van der Waals surface area contributed by atoms with Crippen LogP contribution >= 0.6 is 0 Å². The Morgan fingerprint density at radius 3 is 2.40 bits per heavy atom. The second kappa shape index (κ2) is 6.45. The van der Waals surface area contributed by atoms with E-state index in [0.717, 1.165) is 6.42 Å². The lowest BCUT2D eigenvalue weighted by Gasteiger charge is -2.24. The van der Waals surface area contributed by atoms with Crippen LogP contribution in [0.4, 0.5) is 0 Å². The van der Waals surface area contributed by atoms with Gasteiger partial charge in [-0.2, -0.15) is 0 Å². The highest BCUT2D eigenvalue weighted by Gasteiger charge is 2.20. The molecule has 0 rings (SSSR count). The van der Waals surface area contributed by atoms with E-state index in [1.807, 2.05) is 20.8 Å². The van der Waals surface area contributed by atoms with E-state index in [1.54, 1.807) is 0 Å². The van der Waals surface area contributed by atoms with E-state index in [0.29, 0.717) is 19.4 Å². The summed E-state index contributed by atoms with van der Waals surface area (Å²) in [6, 6.07) is 0. The van der Waals surface area contributed by atoms with Crippen molar-refractivity contribution in [3.8, 4) is 0 Å². The van der Waals surface area contributed by atoms with Crippen molar-refractivity contribution < 1.29 is 13.5 Å². The molecule has 15 heavy (non-hydrogen) atoms. The number of rotatable bonds is 8. The quantitative estimate of drug-likeness (QED) is 0.664. The summed E-state index contributed by atoms with van der Waals surface area (Å²) < 4.78 is 25.4. The molecule has 0 aliphatic heterocycles. The predicted molar refractivity (Wildman–Crippen MR) is 62.2 cm³/mol. The highest BCUT2D eigenvalue weighted by atomic mass is 32.2. The van der Waals surface area contributed by atoms with Crippen molar-refractivity contribution in [1.29, 1.82) is 0 Å². The molecule has 0 aromatic heterocycles.